The van der Waals surface area contributed by atoms with E-state index in [1.165, 1.54) is 0 Å². The quantitative estimate of drug-likeness (QED) is 0.102. The first-order chi connectivity index (χ1) is 21.1. The Hall–Kier alpha value is -3.83. The lowest BCUT2D eigenvalue weighted by Crippen LogP contribution is -2.56. The van der Waals surface area contributed by atoms with E-state index in [-0.39, 0.29) is 85.1 Å². The minimum Gasteiger partial charge on any atom is -0.481 e. The summed E-state index contributed by atoms with van der Waals surface area (Å²) in [5.41, 5.74) is -1.37. The van der Waals surface area contributed by atoms with Crippen LogP contribution in [0.15, 0.2) is 24.3 Å². The lowest BCUT2D eigenvalue weighted by Gasteiger charge is -2.40. The molecule has 0 aromatic heterocycles. The summed E-state index contributed by atoms with van der Waals surface area (Å²) < 4.78 is 27.2. The van der Waals surface area contributed by atoms with Gasteiger partial charge in [0.2, 0.25) is 11.8 Å². The molecule has 0 aliphatic carbocycles. The fourth-order valence-corrected chi connectivity index (χ4v) is 4.59. The second-order valence-electron chi connectivity index (χ2n) is 10.2. The molecule has 3 rings (SSSR count). The van der Waals surface area contributed by atoms with E-state index < -0.39 is 46.8 Å². The van der Waals surface area contributed by atoms with Gasteiger partial charge in [-0.25, -0.2) is 0 Å². The van der Waals surface area contributed by atoms with Crippen molar-refractivity contribution in [1.82, 2.24) is 14.7 Å². The van der Waals surface area contributed by atoms with Gasteiger partial charge in [0.1, 0.15) is 0 Å². The second kappa shape index (κ2) is 17.5. The van der Waals surface area contributed by atoms with E-state index >= 15 is 0 Å². The molecule has 0 unspecified atom stereocenters. The number of nitrogens with zero attached hydrogens (tertiary/aromatic N) is 3. The maximum absolute atomic E-state index is 12.5. The second-order valence-corrected chi connectivity index (χ2v) is 10.2. The molecule has 0 aromatic rings. The highest BCUT2D eigenvalue weighted by Crippen LogP contribution is 2.29. The van der Waals surface area contributed by atoms with Gasteiger partial charge in [0.25, 0.3) is 23.6 Å². The highest BCUT2D eigenvalue weighted by Gasteiger charge is 2.45. The topological polar surface area (TPSA) is 196 Å². The van der Waals surface area contributed by atoms with Crippen LogP contribution < -0.4 is 0 Å². The van der Waals surface area contributed by atoms with Crippen molar-refractivity contribution in [3.8, 4) is 0 Å². The van der Waals surface area contributed by atoms with Crippen molar-refractivity contribution in [1.29, 1.82) is 0 Å². The Morgan fingerprint density at radius 2 is 0.909 bits per heavy atom. The largest absolute Gasteiger partial charge is 0.481 e. The van der Waals surface area contributed by atoms with Crippen molar-refractivity contribution in [2.24, 2.45) is 5.41 Å². The fraction of sp³-hybridized carbons (Fsp3) is 0.607. The molecule has 1 N–H and O–H groups in total. The van der Waals surface area contributed by atoms with Gasteiger partial charge in [-0.15, -0.1) is 0 Å². The Balaban J connectivity index is 1.47. The molecule has 0 bridgehead atoms. The SMILES string of the molecule is O=C(O)CCOCCOCCOCCOCCOCC(CN1C(=O)C=CC1=O)(CN1C(=O)C=CC1=O)CN1C(=O)CCC1=O. The lowest BCUT2D eigenvalue weighted by atomic mass is 9.86. The molecule has 3 aliphatic rings. The number of rotatable bonds is 23. The summed E-state index contributed by atoms with van der Waals surface area (Å²) in [4.78, 5) is 88.0. The maximum Gasteiger partial charge on any atom is 0.305 e. The number of carbonyl (C=O) groups is 7. The number of carboxylic acid groups (broad SMARTS) is 1. The fourth-order valence-electron chi connectivity index (χ4n) is 4.59. The molecule has 242 valence electrons. The van der Waals surface area contributed by atoms with E-state index in [4.69, 9.17) is 28.8 Å². The van der Waals surface area contributed by atoms with Crippen molar-refractivity contribution < 1.29 is 62.4 Å². The van der Waals surface area contributed by atoms with Gasteiger partial charge in [0, 0.05) is 62.2 Å². The molecule has 0 spiro atoms. The molecule has 0 saturated carbocycles. The zero-order chi connectivity index (χ0) is 32.0. The predicted molar refractivity (Wildman–Crippen MR) is 146 cm³/mol. The minimum atomic E-state index is -1.37. The zero-order valence-corrected chi connectivity index (χ0v) is 24.3. The van der Waals surface area contributed by atoms with Crippen LogP contribution in [0.5, 0.6) is 0 Å². The van der Waals surface area contributed by atoms with Crippen molar-refractivity contribution in [2.45, 2.75) is 19.3 Å². The zero-order valence-electron chi connectivity index (χ0n) is 24.3. The number of ether oxygens (including phenoxy) is 5. The van der Waals surface area contributed by atoms with Crippen molar-refractivity contribution in [3.05, 3.63) is 24.3 Å². The van der Waals surface area contributed by atoms with Crippen LogP contribution in [-0.4, -0.2) is 147 Å². The number of likely N-dealkylation sites (tertiary alicyclic amines) is 1. The van der Waals surface area contributed by atoms with E-state index in [0.717, 1.165) is 39.0 Å². The van der Waals surface area contributed by atoms with E-state index in [0.29, 0.717) is 19.8 Å². The summed E-state index contributed by atoms with van der Waals surface area (Å²) in [7, 11) is 0. The van der Waals surface area contributed by atoms with Crippen molar-refractivity contribution in [2.75, 3.05) is 85.7 Å². The molecule has 0 aromatic carbocycles. The molecule has 44 heavy (non-hydrogen) atoms. The highest BCUT2D eigenvalue weighted by molar-refractivity contribution is 6.13. The molecule has 16 heteroatoms. The summed E-state index contributed by atoms with van der Waals surface area (Å²) in [5, 5.41) is 8.53. The number of carboxylic acids is 1. The molecule has 16 nitrogen and oxygen atoms in total. The molecule has 0 atom stereocenters. The molecular weight excluding hydrogens is 586 g/mol. The Morgan fingerprint density at radius 3 is 1.30 bits per heavy atom. The lowest BCUT2D eigenvalue weighted by molar-refractivity contribution is -0.146. The number of hydrogen-bond donors (Lipinski definition) is 1. The summed E-state index contributed by atoms with van der Waals surface area (Å²) in [6.07, 6.45) is 4.32. The first-order valence-electron chi connectivity index (χ1n) is 14.1. The molecule has 0 radical (unpaired) electrons. The van der Waals surface area contributed by atoms with Gasteiger partial charge in [-0.1, -0.05) is 0 Å². The molecule has 6 amide bonds. The van der Waals surface area contributed by atoms with Crippen LogP contribution in [-0.2, 0) is 57.2 Å². The number of hydrogen-bond acceptors (Lipinski definition) is 12. The van der Waals surface area contributed by atoms with Gasteiger partial charge >= 0.3 is 5.97 Å². The monoisotopic (exact) mass is 623 g/mol. The van der Waals surface area contributed by atoms with Crippen molar-refractivity contribution >= 4 is 41.4 Å². The van der Waals surface area contributed by atoms with Gasteiger partial charge in [-0.05, 0) is 0 Å². The normalized spacial score (nSPS) is 17.0. The van der Waals surface area contributed by atoms with Crippen LogP contribution in [0.3, 0.4) is 0 Å². The molecule has 1 saturated heterocycles. The standard InChI is InChI=1S/C28H37N3O13/c32-21-1-2-22(33)29(21)17-28(18-30-23(34)3-4-24(30)35,19-31-25(36)5-6-26(31)37)20-44-16-15-43-14-13-42-12-11-41-10-9-40-8-7-27(38)39/h1-4H,5-20H2,(H,38,39). The molecular formula is C28H37N3O13. The van der Waals surface area contributed by atoms with E-state index in [9.17, 15) is 33.6 Å². The molecule has 1 fully saturated rings. The minimum absolute atomic E-state index is 0.00703. The van der Waals surface area contributed by atoms with Gasteiger partial charge in [0.15, 0.2) is 0 Å². The third-order valence-electron chi connectivity index (χ3n) is 6.79. The summed E-state index contributed by atoms with van der Waals surface area (Å²) >= 11 is 0. The third kappa shape index (κ3) is 10.7. The Labute approximate surface area is 253 Å². The number of amides is 6. The van der Waals surface area contributed by atoms with E-state index in [2.05, 4.69) is 0 Å². The van der Waals surface area contributed by atoms with E-state index in [1.54, 1.807) is 0 Å². The Bertz CT molecular complexity index is 1050. The van der Waals surface area contributed by atoms with Crippen LogP contribution in [0, 0.1) is 5.41 Å². The predicted octanol–water partition coefficient (Wildman–Crippen LogP) is -1.47. The van der Waals surface area contributed by atoms with Gasteiger partial charge < -0.3 is 28.8 Å². The summed E-state index contributed by atoms with van der Waals surface area (Å²) in [6, 6.07) is 0. The highest BCUT2D eigenvalue weighted by atomic mass is 16.6. The van der Waals surface area contributed by atoms with Crippen LogP contribution in [0.4, 0.5) is 0 Å². The van der Waals surface area contributed by atoms with Gasteiger partial charge in [0.05, 0.1) is 72.5 Å². The van der Waals surface area contributed by atoms with Gasteiger partial charge in [-0.3, -0.25) is 48.3 Å². The molecule has 3 aliphatic heterocycles. The average molecular weight is 624 g/mol. The molecule has 3 heterocycles. The number of carbonyl (C=O) groups excluding carboxylic acids is 6. The van der Waals surface area contributed by atoms with Crippen LogP contribution in [0.25, 0.3) is 0 Å². The van der Waals surface area contributed by atoms with Crippen molar-refractivity contribution in [3.63, 3.8) is 0 Å². The van der Waals surface area contributed by atoms with E-state index in [1.807, 2.05) is 0 Å². The van der Waals surface area contributed by atoms with Gasteiger partial charge in [-0.2, -0.15) is 0 Å². The van der Waals surface area contributed by atoms with Crippen LogP contribution in [0.2, 0.25) is 0 Å². The van der Waals surface area contributed by atoms with Crippen LogP contribution in [0.1, 0.15) is 19.3 Å². The van der Waals surface area contributed by atoms with Crippen LogP contribution >= 0.6 is 0 Å². The Morgan fingerprint density at radius 1 is 0.568 bits per heavy atom. The Kier molecular flexibility index (Phi) is 13.8. The first-order valence-corrected chi connectivity index (χ1v) is 14.1. The first kappa shape index (κ1) is 34.7. The summed E-state index contributed by atoms with van der Waals surface area (Å²) in [5.74, 6) is -4.22. The number of imide groups is 3. The summed E-state index contributed by atoms with van der Waals surface area (Å²) in [6.45, 7) is 0.965. The third-order valence-corrected chi connectivity index (χ3v) is 6.79. The average Bonchev–Trinajstić information content (AvgIpc) is 3.59. The smallest absolute Gasteiger partial charge is 0.305 e. The maximum atomic E-state index is 12.5. The number of aliphatic carboxylic acids is 1.